The minimum Gasteiger partial charge on any atom is -0.364 e. The maximum Gasteiger partial charge on any atom is 0.257 e. The molecule has 0 atom stereocenters. The number of rotatable bonds is 2. The van der Waals surface area contributed by atoms with Crippen molar-refractivity contribution < 1.29 is 0 Å². The van der Waals surface area contributed by atoms with Gasteiger partial charge in [0.2, 0.25) is 0 Å². The van der Waals surface area contributed by atoms with Crippen molar-refractivity contribution in [2.45, 2.75) is 13.8 Å². The number of aromatic amines is 1. The molecule has 76 valence electrons. The Balaban J connectivity index is 3.39. The van der Waals surface area contributed by atoms with Gasteiger partial charge in [0.05, 0.1) is 0 Å². The normalized spacial score (nSPS) is 10.0. The summed E-state index contributed by atoms with van der Waals surface area (Å²) in [7, 11) is 3.80. The fourth-order valence-corrected chi connectivity index (χ4v) is 1.41. The monoisotopic (exact) mass is 192 g/mol. The number of aromatic nitrogens is 1. The van der Waals surface area contributed by atoms with Gasteiger partial charge < -0.3 is 9.88 Å². The highest BCUT2D eigenvalue weighted by atomic mass is 16.1. The number of anilines is 1. The predicted molar refractivity (Wildman–Crippen MR) is 60.8 cm³/mol. The van der Waals surface area contributed by atoms with Crippen LogP contribution < -0.4 is 10.5 Å². The molecular formula is C11H16N2O. The van der Waals surface area contributed by atoms with E-state index >= 15 is 0 Å². The van der Waals surface area contributed by atoms with E-state index in [-0.39, 0.29) is 5.56 Å². The lowest BCUT2D eigenvalue weighted by Crippen LogP contribution is -2.20. The van der Waals surface area contributed by atoms with Crippen LogP contribution in [0.5, 0.6) is 0 Å². The summed E-state index contributed by atoms with van der Waals surface area (Å²) in [5.41, 5.74) is 2.42. The molecule has 14 heavy (non-hydrogen) atoms. The van der Waals surface area contributed by atoms with E-state index in [1.54, 1.807) is 0 Å². The second kappa shape index (κ2) is 3.70. The van der Waals surface area contributed by atoms with Crippen LogP contribution in [0.15, 0.2) is 17.4 Å². The molecule has 0 bridgehead atoms. The van der Waals surface area contributed by atoms with Gasteiger partial charge in [-0.05, 0) is 31.1 Å². The number of hydrogen-bond acceptors (Lipinski definition) is 2. The quantitative estimate of drug-likeness (QED) is 0.775. The number of H-pyrrole nitrogens is 1. The standard InChI is InChI=1S/C11H16N2O/c1-7(2)9-6-8(3)10(13(4)5)12-11(9)14/h6H,1H2,2-5H3,(H,12,14). The fraction of sp³-hybridized carbons (Fsp3) is 0.364. The molecule has 0 spiro atoms. The minimum atomic E-state index is -0.0770. The highest BCUT2D eigenvalue weighted by Crippen LogP contribution is 2.15. The molecular weight excluding hydrogens is 176 g/mol. The van der Waals surface area contributed by atoms with Crippen LogP contribution in [0.3, 0.4) is 0 Å². The molecule has 3 heteroatoms. The molecule has 0 aliphatic heterocycles. The number of aryl methyl sites for hydroxylation is 1. The Morgan fingerprint density at radius 1 is 1.50 bits per heavy atom. The second-order valence-corrected chi connectivity index (χ2v) is 3.72. The van der Waals surface area contributed by atoms with Gasteiger partial charge in [-0.3, -0.25) is 4.79 Å². The van der Waals surface area contributed by atoms with E-state index in [4.69, 9.17) is 0 Å². The SMILES string of the molecule is C=C(C)c1cc(C)c(N(C)C)[nH]c1=O. The molecule has 1 rings (SSSR count). The van der Waals surface area contributed by atoms with Crippen molar-refractivity contribution >= 4 is 11.4 Å². The van der Waals surface area contributed by atoms with Crippen molar-refractivity contribution in [3.63, 3.8) is 0 Å². The molecule has 1 heterocycles. The first-order valence-corrected chi connectivity index (χ1v) is 4.50. The first-order chi connectivity index (χ1) is 6.43. The summed E-state index contributed by atoms with van der Waals surface area (Å²) >= 11 is 0. The average Bonchev–Trinajstić information content (AvgIpc) is 2.07. The zero-order valence-electron chi connectivity index (χ0n) is 9.14. The molecule has 0 fully saturated rings. The third-order valence-corrected chi connectivity index (χ3v) is 2.12. The van der Waals surface area contributed by atoms with E-state index in [0.29, 0.717) is 5.56 Å². The van der Waals surface area contributed by atoms with Gasteiger partial charge in [0.25, 0.3) is 5.56 Å². The van der Waals surface area contributed by atoms with Crippen LogP contribution in [0.4, 0.5) is 5.82 Å². The Morgan fingerprint density at radius 3 is 2.50 bits per heavy atom. The minimum absolute atomic E-state index is 0.0770. The number of nitrogens with one attached hydrogen (secondary N) is 1. The largest absolute Gasteiger partial charge is 0.364 e. The van der Waals surface area contributed by atoms with Gasteiger partial charge in [-0.25, -0.2) is 0 Å². The van der Waals surface area contributed by atoms with Crippen LogP contribution in [0.2, 0.25) is 0 Å². The first kappa shape index (κ1) is 10.6. The van der Waals surface area contributed by atoms with Crippen LogP contribution in [-0.4, -0.2) is 19.1 Å². The van der Waals surface area contributed by atoms with E-state index < -0.39 is 0 Å². The van der Waals surface area contributed by atoms with Gasteiger partial charge >= 0.3 is 0 Å². The Morgan fingerprint density at radius 2 is 2.07 bits per heavy atom. The van der Waals surface area contributed by atoms with Crippen LogP contribution >= 0.6 is 0 Å². The predicted octanol–water partition coefficient (Wildman–Crippen LogP) is 1.78. The average molecular weight is 192 g/mol. The fourth-order valence-electron chi connectivity index (χ4n) is 1.41. The van der Waals surface area contributed by atoms with Crippen molar-refractivity contribution in [2.24, 2.45) is 0 Å². The van der Waals surface area contributed by atoms with Crippen LogP contribution in [0, 0.1) is 6.92 Å². The van der Waals surface area contributed by atoms with Crippen molar-refractivity contribution in [1.82, 2.24) is 4.98 Å². The smallest absolute Gasteiger partial charge is 0.257 e. The van der Waals surface area contributed by atoms with Crippen molar-refractivity contribution in [3.05, 3.63) is 34.1 Å². The summed E-state index contributed by atoms with van der Waals surface area (Å²) in [5, 5.41) is 0. The van der Waals surface area contributed by atoms with Gasteiger partial charge in [-0.1, -0.05) is 6.58 Å². The van der Waals surface area contributed by atoms with Crippen LogP contribution in [0.1, 0.15) is 18.1 Å². The molecule has 0 saturated carbocycles. The van der Waals surface area contributed by atoms with Gasteiger partial charge in [0.1, 0.15) is 5.82 Å². The van der Waals surface area contributed by atoms with E-state index in [1.807, 2.05) is 38.9 Å². The lowest BCUT2D eigenvalue weighted by molar-refractivity contribution is 1.03. The number of nitrogens with zero attached hydrogens (tertiary/aromatic N) is 1. The van der Waals surface area contributed by atoms with Crippen LogP contribution in [-0.2, 0) is 0 Å². The van der Waals surface area contributed by atoms with Crippen LogP contribution in [0.25, 0.3) is 5.57 Å². The lowest BCUT2D eigenvalue weighted by Gasteiger charge is -2.15. The molecule has 1 aromatic rings. The summed E-state index contributed by atoms with van der Waals surface area (Å²) in [4.78, 5) is 16.3. The Hall–Kier alpha value is -1.51. The summed E-state index contributed by atoms with van der Waals surface area (Å²) in [6, 6.07) is 1.87. The summed E-state index contributed by atoms with van der Waals surface area (Å²) in [6.45, 7) is 7.57. The molecule has 0 saturated heterocycles. The molecule has 0 aliphatic rings. The topological polar surface area (TPSA) is 36.1 Å². The zero-order valence-corrected chi connectivity index (χ0v) is 9.14. The third kappa shape index (κ3) is 1.87. The molecule has 0 aliphatic carbocycles. The Bertz CT molecular complexity index is 416. The molecule has 0 aromatic carbocycles. The van der Waals surface area contributed by atoms with E-state index in [2.05, 4.69) is 11.6 Å². The van der Waals surface area contributed by atoms with Crippen molar-refractivity contribution in [2.75, 3.05) is 19.0 Å². The van der Waals surface area contributed by atoms with Gasteiger partial charge in [-0.2, -0.15) is 0 Å². The molecule has 1 N–H and O–H groups in total. The highest BCUT2D eigenvalue weighted by Gasteiger charge is 2.06. The van der Waals surface area contributed by atoms with Crippen molar-refractivity contribution in [3.8, 4) is 0 Å². The van der Waals surface area contributed by atoms with E-state index in [9.17, 15) is 4.79 Å². The van der Waals surface area contributed by atoms with Gasteiger partial charge in [0.15, 0.2) is 0 Å². The molecule has 3 nitrogen and oxygen atoms in total. The number of allylic oxidation sites excluding steroid dienone is 1. The van der Waals surface area contributed by atoms with E-state index in [0.717, 1.165) is 17.0 Å². The maximum atomic E-state index is 11.6. The second-order valence-electron chi connectivity index (χ2n) is 3.72. The summed E-state index contributed by atoms with van der Waals surface area (Å²) in [5.74, 6) is 0.847. The lowest BCUT2D eigenvalue weighted by atomic mass is 10.1. The van der Waals surface area contributed by atoms with Crippen molar-refractivity contribution in [1.29, 1.82) is 0 Å². The number of pyridine rings is 1. The Kier molecular flexibility index (Phi) is 2.79. The summed E-state index contributed by atoms with van der Waals surface area (Å²) in [6.07, 6.45) is 0. The van der Waals surface area contributed by atoms with E-state index in [1.165, 1.54) is 0 Å². The third-order valence-electron chi connectivity index (χ3n) is 2.12. The van der Waals surface area contributed by atoms with Gasteiger partial charge in [0, 0.05) is 19.7 Å². The first-order valence-electron chi connectivity index (χ1n) is 4.50. The maximum absolute atomic E-state index is 11.6. The Labute approximate surface area is 84.1 Å². The molecule has 1 aromatic heterocycles. The number of hydrogen-bond donors (Lipinski definition) is 1. The molecule has 0 radical (unpaired) electrons. The summed E-state index contributed by atoms with van der Waals surface area (Å²) < 4.78 is 0. The zero-order chi connectivity index (χ0) is 10.9. The molecule has 0 unspecified atom stereocenters. The highest BCUT2D eigenvalue weighted by molar-refractivity contribution is 5.63. The van der Waals surface area contributed by atoms with Gasteiger partial charge in [-0.15, -0.1) is 0 Å². The molecule has 0 amide bonds.